The maximum absolute atomic E-state index is 9.12. The van der Waals surface area contributed by atoms with Gasteiger partial charge in [0.15, 0.2) is 0 Å². The standard InChI is InChI=1S/C12H12N2O3/c15-7-9-5-13-12(14-6-9)17-11-4-2-1-3-10(11)8-16/h1-6,15-16H,7-8H2. The van der Waals surface area contributed by atoms with Crippen LogP contribution in [0.15, 0.2) is 36.7 Å². The highest BCUT2D eigenvalue weighted by molar-refractivity contribution is 5.34. The summed E-state index contributed by atoms with van der Waals surface area (Å²) < 4.78 is 5.44. The van der Waals surface area contributed by atoms with Crippen molar-refractivity contribution in [1.29, 1.82) is 0 Å². The second-order valence-electron chi connectivity index (χ2n) is 3.40. The fourth-order valence-electron chi connectivity index (χ4n) is 1.31. The molecule has 2 N–H and O–H groups in total. The lowest BCUT2D eigenvalue weighted by molar-refractivity contribution is 0.275. The Labute approximate surface area is 98.4 Å². The van der Waals surface area contributed by atoms with Gasteiger partial charge in [0, 0.05) is 23.5 Å². The summed E-state index contributed by atoms with van der Waals surface area (Å²) in [6, 6.07) is 7.29. The van der Waals surface area contributed by atoms with Gasteiger partial charge in [0.1, 0.15) is 5.75 Å². The third kappa shape index (κ3) is 2.77. The van der Waals surface area contributed by atoms with Crippen LogP contribution in [0.3, 0.4) is 0 Å². The predicted molar refractivity (Wildman–Crippen MR) is 60.4 cm³/mol. The molecule has 88 valence electrons. The Morgan fingerprint density at radius 2 is 1.71 bits per heavy atom. The summed E-state index contributed by atoms with van der Waals surface area (Å²) in [7, 11) is 0. The maximum Gasteiger partial charge on any atom is 0.321 e. The number of nitrogens with zero attached hydrogens (tertiary/aromatic N) is 2. The molecule has 1 aromatic heterocycles. The van der Waals surface area contributed by atoms with Gasteiger partial charge in [0.25, 0.3) is 0 Å². The molecule has 0 aliphatic heterocycles. The van der Waals surface area contributed by atoms with Crippen LogP contribution in [0.5, 0.6) is 11.8 Å². The summed E-state index contributed by atoms with van der Waals surface area (Å²) in [5, 5.41) is 18.0. The van der Waals surface area contributed by atoms with Crippen molar-refractivity contribution in [2.24, 2.45) is 0 Å². The van der Waals surface area contributed by atoms with Crippen LogP contribution in [-0.2, 0) is 13.2 Å². The van der Waals surface area contributed by atoms with E-state index in [1.807, 2.05) is 6.07 Å². The van der Waals surface area contributed by atoms with Crippen molar-refractivity contribution in [3.05, 3.63) is 47.8 Å². The highest BCUT2D eigenvalue weighted by Gasteiger charge is 2.05. The molecular weight excluding hydrogens is 220 g/mol. The zero-order valence-corrected chi connectivity index (χ0v) is 9.08. The number of aliphatic hydroxyl groups is 2. The molecule has 1 heterocycles. The minimum Gasteiger partial charge on any atom is -0.424 e. The summed E-state index contributed by atoms with van der Waals surface area (Å²) in [6.45, 7) is -0.210. The molecule has 0 fully saturated rings. The molecule has 0 saturated carbocycles. The van der Waals surface area contributed by atoms with E-state index < -0.39 is 0 Å². The van der Waals surface area contributed by atoms with Gasteiger partial charge in [0.2, 0.25) is 0 Å². The van der Waals surface area contributed by atoms with Gasteiger partial charge >= 0.3 is 6.01 Å². The van der Waals surface area contributed by atoms with E-state index in [0.29, 0.717) is 16.9 Å². The minimum atomic E-state index is -0.106. The quantitative estimate of drug-likeness (QED) is 0.829. The molecule has 0 aliphatic carbocycles. The molecule has 5 heteroatoms. The maximum atomic E-state index is 9.12. The lowest BCUT2D eigenvalue weighted by atomic mass is 10.2. The third-order valence-electron chi connectivity index (χ3n) is 2.21. The van der Waals surface area contributed by atoms with Gasteiger partial charge in [-0.05, 0) is 6.07 Å². The SMILES string of the molecule is OCc1cnc(Oc2ccccc2CO)nc1. The summed E-state index contributed by atoms with van der Waals surface area (Å²) in [5.74, 6) is 0.520. The van der Waals surface area contributed by atoms with E-state index in [4.69, 9.17) is 14.9 Å². The van der Waals surface area contributed by atoms with Crippen LogP contribution in [0.2, 0.25) is 0 Å². The summed E-state index contributed by atoms with van der Waals surface area (Å²) in [6.07, 6.45) is 2.98. The molecule has 0 saturated heterocycles. The smallest absolute Gasteiger partial charge is 0.321 e. The van der Waals surface area contributed by atoms with E-state index in [2.05, 4.69) is 9.97 Å². The lowest BCUT2D eigenvalue weighted by Gasteiger charge is -2.07. The van der Waals surface area contributed by atoms with Crippen molar-refractivity contribution < 1.29 is 14.9 Å². The van der Waals surface area contributed by atoms with Gasteiger partial charge in [-0.1, -0.05) is 18.2 Å². The first kappa shape index (κ1) is 11.5. The number of para-hydroxylation sites is 1. The van der Waals surface area contributed by atoms with Gasteiger partial charge in [-0.15, -0.1) is 0 Å². The normalized spacial score (nSPS) is 10.2. The van der Waals surface area contributed by atoms with Crippen LogP contribution in [0.1, 0.15) is 11.1 Å². The lowest BCUT2D eigenvalue weighted by Crippen LogP contribution is -1.96. The molecule has 2 rings (SSSR count). The first-order chi connectivity index (χ1) is 8.33. The molecule has 0 bridgehead atoms. The minimum absolute atomic E-state index is 0.104. The molecule has 2 aromatic rings. The van der Waals surface area contributed by atoms with Crippen molar-refractivity contribution in [3.63, 3.8) is 0 Å². The Morgan fingerprint density at radius 3 is 2.35 bits per heavy atom. The third-order valence-corrected chi connectivity index (χ3v) is 2.21. The van der Waals surface area contributed by atoms with Crippen molar-refractivity contribution >= 4 is 0 Å². The number of aliphatic hydroxyl groups excluding tert-OH is 2. The average Bonchev–Trinajstić information content (AvgIpc) is 2.40. The van der Waals surface area contributed by atoms with Crippen molar-refractivity contribution in [3.8, 4) is 11.8 Å². The van der Waals surface area contributed by atoms with E-state index >= 15 is 0 Å². The van der Waals surface area contributed by atoms with Gasteiger partial charge in [-0.3, -0.25) is 0 Å². The van der Waals surface area contributed by atoms with E-state index in [-0.39, 0.29) is 19.2 Å². The first-order valence-electron chi connectivity index (χ1n) is 5.12. The molecular formula is C12H12N2O3. The second-order valence-corrected chi connectivity index (χ2v) is 3.40. The van der Waals surface area contributed by atoms with Crippen LogP contribution in [0.4, 0.5) is 0 Å². The Balaban J connectivity index is 2.19. The van der Waals surface area contributed by atoms with Crippen LogP contribution in [-0.4, -0.2) is 20.2 Å². The average molecular weight is 232 g/mol. The molecule has 5 nitrogen and oxygen atoms in total. The summed E-state index contributed by atoms with van der Waals surface area (Å²) >= 11 is 0. The highest BCUT2D eigenvalue weighted by atomic mass is 16.5. The molecule has 0 spiro atoms. The number of rotatable bonds is 4. The molecule has 17 heavy (non-hydrogen) atoms. The monoisotopic (exact) mass is 232 g/mol. The number of benzene rings is 1. The van der Waals surface area contributed by atoms with E-state index in [1.54, 1.807) is 18.2 Å². The van der Waals surface area contributed by atoms with Crippen molar-refractivity contribution in [2.75, 3.05) is 0 Å². The van der Waals surface area contributed by atoms with Crippen LogP contribution in [0.25, 0.3) is 0 Å². The fraction of sp³-hybridized carbons (Fsp3) is 0.167. The number of ether oxygens (including phenoxy) is 1. The van der Waals surface area contributed by atoms with Crippen LogP contribution >= 0.6 is 0 Å². The van der Waals surface area contributed by atoms with E-state index in [1.165, 1.54) is 12.4 Å². The zero-order valence-electron chi connectivity index (χ0n) is 9.08. The molecule has 0 radical (unpaired) electrons. The predicted octanol–water partition coefficient (Wildman–Crippen LogP) is 1.25. The highest BCUT2D eigenvalue weighted by Crippen LogP contribution is 2.22. The van der Waals surface area contributed by atoms with Gasteiger partial charge in [-0.25, -0.2) is 9.97 Å². The fourth-order valence-corrected chi connectivity index (χ4v) is 1.31. The number of hydrogen-bond donors (Lipinski definition) is 2. The Kier molecular flexibility index (Phi) is 3.64. The van der Waals surface area contributed by atoms with E-state index in [0.717, 1.165) is 0 Å². The van der Waals surface area contributed by atoms with E-state index in [9.17, 15) is 0 Å². The molecule has 1 aromatic carbocycles. The summed E-state index contributed by atoms with van der Waals surface area (Å²) in [5.41, 5.74) is 1.29. The molecule has 0 aliphatic rings. The first-order valence-corrected chi connectivity index (χ1v) is 5.12. The van der Waals surface area contributed by atoms with Gasteiger partial charge in [-0.2, -0.15) is 0 Å². The van der Waals surface area contributed by atoms with Crippen molar-refractivity contribution in [2.45, 2.75) is 13.2 Å². The zero-order chi connectivity index (χ0) is 12.1. The van der Waals surface area contributed by atoms with Gasteiger partial charge < -0.3 is 14.9 Å². The van der Waals surface area contributed by atoms with Crippen LogP contribution < -0.4 is 4.74 Å². The Morgan fingerprint density at radius 1 is 1.00 bits per heavy atom. The molecule has 0 amide bonds. The Bertz CT molecular complexity index is 485. The topological polar surface area (TPSA) is 75.5 Å². The van der Waals surface area contributed by atoms with Gasteiger partial charge in [0.05, 0.1) is 13.2 Å². The van der Waals surface area contributed by atoms with Crippen molar-refractivity contribution in [1.82, 2.24) is 9.97 Å². The van der Waals surface area contributed by atoms with Crippen LogP contribution in [0, 0.1) is 0 Å². The largest absolute Gasteiger partial charge is 0.424 e. The summed E-state index contributed by atoms with van der Waals surface area (Å²) in [4.78, 5) is 7.89. The number of hydrogen-bond acceptors (Lipinski definition) is 5. The number of aromatic nitrogens is 2. The molecule has 0 atom stereocenters. The molecule has 0 unspecified atom stereocenters. The Hall–Kier alpha value is -1.98. The second kappa shape index (κ2) is 5.38.